The summed E-state index contributed by atoms with van der Waals surface area (Å²) in [4.78, 5) is 12.3. The fourth-order valence-corrected chi connectivity index (χ4v) is 4.14. The molecule has 2 aliphatic carbocycles. The summed E-state index contributed by atoms with van der Waals surface area (Å²) in [5.74, 6) is 1.72. The van der Waals surface area contributed by atoms with Crippen molar-refractivity contribution in [2.45, 2.75) is 25.7 Å². The average molecular weight is 308 g/mol. The van der Waals surface area contributed by atoms with Crippen LogP contribution in [-0.4, -0.2) is 17.2 Å². The van der Waals surface area contributed by atoms with Crippen molar-refractivity contribution in [3.63, 3.8) is 0 Å². The topological polar surface area (TPSA) is 61.7 Å². The van der Waals surface area contributed by atoms with Crippen LogP contribution in [0.5, 0.6) is 5.75 Å². The van der Waals surface area contributed by atoms with Crippen LogP contribution in [0.15, 0.2) is 41.5 Å². The van der Waals surface area contributed by atoms with Gasteiger partial charge in [0.15, 0.2) is 0 Å². The van der Waals surface area contributed by atoms with Crippen LogP contribution in [0.3, 0.4) is 0 Å². The van der Waals surface area contributed by atoms with E-state index in [1.165, 1.54) is 25.7 Å². The van der Waals surface area contributed by atoms with Crippen LogP contribution in [0.4, 0.5) is 0 Å². The third kappa shape index (κ3) is 2.69. The Balaban J connectivity index is 1.47. The summed E-state index contributed by atoms with van der Waals surface area (Å²) in [6.07, 6.45) is 7.05. The minimum Gasteiger partial charge on any atom is -0.507 e. The van der Waals surface area contributed by atoms with E-state index in [-0.39, 0.29) is 17.2 Å². The van der Waals surface area contributed by atoms with Gasteiger partial charge < -0.3 is 5.11 Å². The Morgan fingerprint density at radius 1 is 1.17 bits per heavy atom. The highest BCUT2D eigenvalue weighted by Crippen LogP contribution is 2.47. The molecule has 0 spiro atoms. The maximum Gasteiger partial charge on any atom is 0.275 e. The molecule has 2 bridgehead atoms. The van der Waals surface area contributed by atoms with Crippen molar-refractivity contribution in [3.8, 4) is 5.75 Å². The number of carbonyl (C=O) groups excluding carboxylic acids is 1. The van der Waals surface area contributed by atoms with Crippen LogP contribution in [0, 0.1) is 17.8 Å². The molecule has 2 aromatic rings. The van der Waals surface area contributed by atoms with Crippen molar-refractivity contribution >= 4 is 22.9 Å². The molecule has 4 rings (SSSR count). The number of nitrogens with zero attached hydrogens (tertiary/aromatic N) is 1. The van der Waals surface area contributed by atoms with Gasteiger partial charge in [0.2, 0.25) is 0 Å². The predicted molar refractivity (Wildman–Crippen MR) is 90.5 cm³/mol. The van der Waals surface area contributed by atoms with Gasteiger partial charge in [-0.3, -0.25) is 4.79 Å². The Bertz CT molecular complexity index is 784. The van der Waals surface area contributed by atoms with Gasteiger partial charge in [0, 0.05) is 6.21 Å². The number of carbonyl (C=O) groups is 1. The van der Waals surface area contributed by atoms with E-state index >= 15 is 0 Å². The Labute approximate surface area is 135 Å². The summed E-state index contributed by atoms with van der Waals surface area (Å²) in [5.41, 5.74) is 2.82. The second-order valence-corrected chi connectivity index (χ2v) is 6.77. The molecular formula is C19H20N2O2. The molecule has 4 nitrogen and oxygen atoms in total. The molecule has 0 aromatic heterocycles. The molecule has 118 valence electrons. The van der Waals surface area contributed by atoms with Crippen LogP contribution in [0.25, 0.3) is 10.8 Å². The normalized spacial score (nSPS) is 26.2. The van der Waals surface area contributed by atoms with Crippen molar-refractivity contribution in [2.75, 3.05) is 0 Å². The lowest BCUT2D eigenvalue weighted by atomic mass is 9.90. The molecular weight excluding hydrogens is 288 g/mol. The first-order valence-corrected chi connectivity index (χ1v) is 8.26. The van der Waals surface area contributed by atoms with Crippen LogP contribution >= 0.6 is 0 Å². The molecule has 2 aromatic carbocycles. The molecule has 23 heavy (non-hydrogen) atoms. The summed E-state index contributed by atoms with van der Waals surface area (Å²) >= 11 is 0. The lowest BCUT2D eigenvalue weighted by Crippen LogP contribution is -2.20. The number of benzene rings is 2. The summed E-state index contributed by atoms with van der Waals surface area (Å²) in [5, 5.41) is 16.0. The van der Waals surface area contributed by atoms with E-state index in [4.69, 9.17) is 0 Å². The molecule has 0 aliphatic heterocycles. The van der Waals surface area contributed by atoms with Crippen molar-refractivity contribution < 1.29 is 9.90 Å². The fraction of sp³-hybridized carbons (Fsp3) is 0.368. The van der Waals surface area contributed by atoms with Crippen molar-refractivity contribution in [3.05, 3.63) is 42.0 Å². The van der Waals surface area contributed by atoms with Crippen molar-refractivity contribution in [1.29, 1.82) is 0 Å². The van der Waals surface area contributed by atoms with E-state index < -0.39 is 0 Å². The lowest BCUT2D eigenvalue weighted by molar-refractivity contribution is 0.0952. The van der Waals surface area contributed by atoms with Crippen molar-refractivity contribution in [2.24, 2.45) is 22.9 Å². The molecule has 1 amide bonds. The third-order valence-electron chi connectivity index (χ3n) is 5.33. The summed E-state index contributed by atoms with van der Waals surface area (Å²) in [7, 11) is 0. The van der Waals surface area contributed by atoms with Gasteiger partial charge in [0.05, 0.1) is 5.56 Å². The van der Waals surface area contributed by atoms with Gasteiger partial charge in [0.25, 0.3) is 5.91 Å². The number of hydrogen-bond donors (Lipinski definition) is 2. The molecule has 2 N–H and O–H groups in total. The van der Waals surface area contributed by atoms with Gasteiger partial charge >= 0.3 is 0 Å². The summed E-state index contributed by atoms with van der Waals surface area (Å²) < 4.78 is 0. The number of hydrazone groups is 1. The minimum absolute atomic E-state index is 0.0173. The van der Waals surface area contributed by atoms with E-state index in [0.717, 1.165) is 22.6 Å². The zero-order valence-electron chi connectivity index (χ0n) is 12.9. The molecule has 0 radical (unpaired) electrons. The Hall–Kier alpha value is -2.36. The molecule has 2 fully saturated rings. The quantitative estimate of drug-likeness (QED) is 0.671. The van der Waals surface area contributed by atoms with Gasteiger partial charge in [-0.25, -0.2) is 5.43 Å². The lowest BCUT2D eigenvalue weighted by Gasteiger charge is -2.16. The standard InChI is InChI=1S/C19H20N2O2/c22-18-10-14-4-2-1-3-13(14)9-17(18)19(23)21-20-11-16-8-12-5-6-15(16)7-12/h1-4,9-12,15-16,22H,5-8H2,(H,21,23)/b20-11-/t12-,15+,16-/m0/s1. The predicted octanol–water partition coefficient (Wildman–Crippen LogP) is 3.70. The zero-order chi connectivity index (χ0) is 15.8. The number of rotatable bonds is 3. The monoisotopic (exact) mass is 308 g/mol. The molecule has 2 aliphatic rings. The van der Waals surface area contributed by atoms with Crippen LogP contribution in [-0.2, 0) is 0 Å². The minimum atomic E-state index is -0.368. The van der Waals surface area contributed by atoms with Gasteiger partial charge in [0.1, 0.15) is 5.75 Å². The zero-order valence-corrected chi connectivity index (χ0v) is 12.9. The number of fused-ring (bicyclic) bond motifs is 3. The van der Waals surface area contributed by atoms with Crippen molar-refractivity contribution in [1.82, 2.24) is 5.43 Å². The number of phenols is 1. The second-order valence-electron chi connectivity index (χ2n) is 6.77. The highest BCUT2D eigenvalue weighted by atomic mass is 16.3. The van der Waals surface area contributed by atoms with E-state index in [0.29, 0.717) is 5.92 Å². The van der Waals surface area contributed by atoms with E-state index in [1.54, 1.807) is 12.1 Å². The molecule has 4 heteroatoms. The van der Waals surface area contributed by atoms with Gasteiger partial charge in [-0.15, -0.1) is 0 Å². The Morgan fingerprint density at radius 2 is 1.96 bits per heavy atom. The van der Waals surface area contributed by atoms with E-state index in [9.17, 15) is 9.90 Å². The van der Waals surface area contributed by atoms with E-state index in [2.05, 4.69) is 10.5 Å². The Morgan fingerprint density at radius 3 is 2.65 bits per heavy atom. The second kappa shape index (κ2) is 5.69. The highest BCUT2D eigenvalue weighted by molar-refractivity contribution is 6.01. The third-order valence-corrected chi connectivity index (χ3v) is 5.33. The molecule has 0 heterocycles. The summed E-state index contributed by atoms with van der Waals surface area (Å²) in [6.45, 7) is 0. The largest absolute Gasteiger partial charge is 0.507 e. The van der Waals surface area contributed by atoms with Gasteiger partial charge in [-0.05, 0) is 59.9 Å². The number of hydrogen-bond acceptors (Lipinski definition) is 3. The first-order chi connectivity index (χ1) is 11.2. The van der Waals surface area contributed by atoms with Crippen LogP contribution in [0.1, 0.15) is 36.0 Å². The fourth-order valence-electron chi connectivity index (χ4n) is 4.14. The SMILES string of the molecule is O=C(N/N=C\[C@@H]1C[C@H]2CC[C@@H]1C2)c1cc2ccccc2cc1O. The van der Waals surface area contributed by atoms with Gasteiger partial charge in [-0.2, -0.15) is 5.10 Å². The van der Waals surface area contributed by atoms with Gasteiger partial charge in [-0.1, -0.05) is 30.7 Å². The highest BCUT2D eigenvalue weighted by Gasteiger charge is 2.38. The average Bonchev–Trinajstić information content (AvgIpc) is 3.17. The maximum absolute atomic E-state index is 12.3. The number of amides is 1. The first-order valence-electron chi connectivity index (χ1n) is 8.26. The smallest absolute Gasteiger partial charge is 0.275 e. The molecule has 0 unspecified atom stereocenters. The summed E-state index contributed by atoms with van der Waals surface area (Å²) in [6, 6.07) is 11.0. The molecule has 3 atom stereocenters. The molecule has 0 saturated heterocycles. The Kier molecular flexibility index (Phi) is 3.52. The molecule has 2 saturated carbocycles. The first kappa shape index (κ1) is 14.2. The maximum atomic E-state index is 12.3. The number of nitrogens with one attached hydrogen (secondary N) is 1. The van der Waals surface area contributed by atoms with Crippen LogP contribution in [0.2, 0.25) is 0 Å². The number of phenolic OH excluding ortho intramolecular Hbond substituents is 1. The van der Waals surface area contributed by atoms with Crippen LogP contribution < -0.4 is 5.43 Å². The van der Waals surface area contributed by atoms with E-state index in [1.807, 2.05) is 30.5 Å². The number of aromatic hydroxyl groups is 1.